The minimum atomic E-state index is -3.16. The maximum Gasteiger partial charge on any atom is 0.342 e. The summed E-state index contributed by atoms with van der Waals surface area (Å²) in [5, 5.41) is 2.62. The van der Waals surface area contributed by atoms with E-state index in [2.05, 4.69) is 5.32 Å². The zero-order chi connectivity index (χ0) is 20.2. The molecule has 10 heteroatoms. The molecule has 1 saturated heterocycles. The highest BCUT2D eigenvalue weighted by atomic mass is 32.2. The number of rotatable bonds is 7. The molecule has 1 aliphatic rings. The molecule has 1 heterocycles. The number of hydrogen-bond acceptors (Lipinski definition) is 8. The van der Waals surface area contributed by atoms with E-state index < -0.39 is 33.9 Å². The maximum atomic E-state index is 12.3. The van der Waals surface area contributed by atoms with Gasteiger partial charge in [-0.3, -0.25) is 4.79 Å². The van der Waals surface area contributed by atoms with Crippen LogP contribution in [0.15, 0.2) is 12.1 Å². The summed E-state index contributed by atoms with van der Waals surface area (Å²) in [6, 6.07) is 2.95. The second-order valence-corrected chi connectivity index (χ2v) is 8.59. The first kappa shape index (κ1) is 20.8. The van der Waals surface area contributed by atoms with Crippen molar-refractivity contribution >= 4 is 21.7 Å². The molecule has 0 unspecified atom stereocenters. The van der Waals surface area contributed by atoms with E-state index in [1.165, 1.54) is 33.5 Å². The van der Waals surface area contributed by atoms with Crippen molar-refractivity contribution in [3.63, 3.8) is 0 Å². The highest BCUT2D eigenvalue weighted by Gasteiger charge is 2.39. The highest BCUT2D eigenvalue weighted by Crippen LogP contribution is 2.39. The maximum absolute atomic E-state index is 12.3. The van der Waals surface area contributed by atoms with Gasteiger partial charge in [-0.05, 0) is 25.5 Å². The fourth-order valence-electron chi connectivity index (χ4n) is 2.95. The van der Waals surface area contributed by atoms with Crippen molar-refractivity contribution in [2.45, 2.75) is 18.9 Å². The molecule has 1 atom stereocenters. The van der Waals surface area contributed by atoms with E-state index >= 15 is 0 Å². The quantitative estimate of drug-likeness (QED) is 0.659. The lowest BCUT2D eigenvalue weighted by atomic mass is 10.0. The van der Waals surface area contributed by atoms with Crippen LogP contribution in [0.1, 0.15) is 23.7 Å². The molecule has 1 amide bonds. The van der Waals surface area contributed by atoms with Crippen LogP contribution in [0.2, 0.25) is 0 Å². The second-order valence-electron chi connectivity index (χ2n) is 6.41. The average molecular weight is 401 g/mol. The van der Waals surface area contributed by atoms with Gasteiger partial charge in [0.2, 0.25) is 5.75 Å². The first-order chi connectivity index (χ1) is 12.6. The Hall–Kier alpha value is -2.49. The molecule has 1 fully saturated rings. The Labute approximate surface area is 157 Å². The molecule has 27 heavy (non-hydrogen) atoms. The van der Waals surface area contributed by atoms with Gasteiger partial charge in [0.1, 0.15) is 5.56 Å². The molecule has 150 valence electrons. The number of esters is 1. The fraction of sp³-hybridized carbons (Fsp3) is 0.529. The fourth-order valence-corrected chi connectivity index (χ4v) is 5.05. The molecule has 1 aliphatic heterocycles. The van der Waals surface area contributed by atoms with Crippen LogP contribution in [0.4, 0.5) is 0 Å². The number of nitrogens with one attached hydrogen (secondary N) is 1. The smallest absolute Gasteiger partial charge is 0.342 e. The molecule has 9 nitrogen and oxygen atoms in total. The van der Waals surface area contributed by atoms with Crippen LogP contribution in [0.5, 0.6) is 17.2 Å². The van der Waals surface area contributed by atoms with Crippen LogP contribution in [-0.4, -0.2) is 65.3 Å². The Bertz CT molecular complexity index is 836. The molecule has 0 aliphatic carbocycles. The summed E-state index contributed by atoms with van der Waals surface area (Å²) >= 11 is 0. The lowest BCUT2D eigenvalue weighted by Gasteiger charge is -2.23. The standard InChI is InChI=1S/C17H23NO8S/c1-17(7-8-27(21,22)10-17)18-13(19)9-26-16(20)11-5-6-12(23-2)15(25-4)14(11)24-3/h5-6H,7-10H2,1-4H3,(H,18,19)/t17-/m1/s1. The van der Waals surface area contributed by atoms with Gasteiger partial charge in [0.05, 0.1) is 38.4 Å². The summed E-state index contributed by atoms with van der Waals surface area (Å²) in [6.45, 7) is 1.10. The number of sulfone groups is 1. The van der Waals surface area contributed by atoms with Gasteiger partial charge >= 0.3 is 5.97 Å². The van der Waals surface area contributed by atoms with E-state index in [4.69, 9.17) is 18.9 Å². The number of benzene rings is 1. The van der Waals surface area contributed by atoms with E-state index in [9.17, 15) is 18.0 Å². The van der Waals surface area contributed by atoms with Crippen LogP contribution in [0, 0.1) is 0 Å². The predicted octanol–water partition coefficient (Wildman–Crippen LogP) is 0.563. The van der Waals surface area contributed by atoms with Gasteiger partial charge in [0.15, 0.2) is 27.9 Å². The molecule has 0 bridgehead atoms. The van der Waals surface area contributed by atoms with Crippen LogP contribution in [0.25, 0.3) is 0 Å². The van der Waals surface area contributed by atoms with E-state index in [1.54, 1.807) is 6.92 Å². The Morgan fingerprint density at radius 3 is 2.30 bits per heavy atom. The van der Waals surface area contributed by atoms with Gasteiger partial charge in [-0.1, -0.05) is 0 Å². The van der Waals surface area contributed by atoms with E-state index in [0.717, 1.165) is 0 Å². The minimum absolute atomic E-state index is 0.0202. The van der Waals surface area contributed by atoms with Gasteiger partial charge in [-0.15, -0.1) is 0 Å². The number of ether oxygens (including phenoxy) is 4. The Morgan fingerprint density at radius 2 is 1.78 bits per heavy atom. The number of carbonyl (C=O) groups excluding carboxylic acids is 2. The first-order valence-electron chi connectivity index (χ1n) is 8.12. The summed E-state index contributed by atoms with van der Waals surface area (Å²) < 4.78 is 43.8. The van der Waals surface area contributed by atoms with Crippen molar-refractivity contribution < 1.29 is 37.0 Å². The second kappa shape index (κ2) is 8.03. The third kappa shape index (κ3) is 4.82. The van der Waals surface area contributed by atoms with Gasteiger partial charge < -0.3 is 24.3 Å². The van der Waals surface area contributed by atoms with Crippen molar-refractivity contribution in [1.29, 1.82) is 0 Å². The monoisotopic (exact) mass is 401 g/mol. The van der Waals surface area contributed by atoms with E-state index in [-0.39, 0.29) is 28.6 Å². The lowest BCUT2D eigenvalue weighted by Crippen LogP contribution is -2.48. The molecular weight excluding hydrogens is 378 g/mol. The molecule has 0 aromatic heterocycles. The summed E-state index contributed by atoms with van der Waals surface area (Å²) in [5.74, 6) is -0.762. The van der Waals surface area contributed by atoms with Crippen molar-refractivity contribution in [2.24, 2.45) is 0 Å². The van der Waals surface area contributed by atoms with Crippen LogP contribution < -0.4 is 19.5 Å². The minimum Gasteiger partial charge on any atom is -0.493 e. The number of carbonyl (C=O) groups is 2. The normalized spacial score (nSPS) is 20.6. The van der Waals surface area contributed by atoms with E-state index in [1.807, 2.05) is 0 Å². The Morgan fingerprint density at radius 1 is 1.11 bits per heavy atom. The molecule has 0 saturated carbocycles. The molecule has 2 rings (SSSR count). The highest BCUT2D eigenvalue weighted by molar-refractivity contribution is 7.91. The largest absolute Gasteiger partial charge is 0.493 e. The molecule has 1 aromatic rings. The zero-order valence-corrected chi connectivity index (χ0v) is 16.5. The molecule has 0 spiro atoms. The zero-order valence-electron chi connectivity index (χ0n) is 15.7. The number of amides is 1. The van der Waals surface area contributed by atoms with Gasteiger partial charge in [-0.2, -0.15) is 0 Å². The topological polar surface area (TPSA) is 117 Å². The van der Waals surface area contributed by atoms with E-state index in [0.29, 0.717) is 12.2 Å². The lowest BCUT2D eigenvalue weighted by molar-refractivity contribution is -0.125. The van der Waals surface area contributed by atoms with Crippen LogP contribution in [0.3, 0.4) is 0 Å². The van der Waals surface area contributed by atoms with Crippen molar-refractivity contribution in [3.8, 4) is 17.2 Å². The first-order valence-corrected chi connectivity index (χ1v) is 9.94. The van der Waals surface area contributed by atoms with Crippen LogP contribution in [-0.2, 0) is 19.4 Å². The van der Waals surface area contributed by atoms with Gasteiger partial charge in [-0.25, -0.2) is 13.2 Å². The average Bonchev–Trinajstić information content (AvgIpc) is 2.90. The molecule has 0 radical (unpaired) electrons. The van der Waals surface area contributed by atoms with Crippen molar-refractivity contribution in [2.75, 3.05) is 39.4 Å². The summed E-state index contributed by atoms with van der Waals surface area (Å²) in [4.78, 5) is 24.4. The molecular formula is C17H23NO8S. The van der Waals surface area contributed by atoms with Gasteiger partial charge in [0.25, 0.3) is 5.91 Å². The van der Waals surface area contributed by atoms with Crippen LogP contribution >= 0.6 is 0 Å². The third-order valence-corrected chi connectivity index (χ3v) is 6.11. The van der Waals surface area contributed by atoms with Crippen molar-refractivity contribution in [3.05, 3.63) is 17.7 Å². The number of methoxy groups -OCH3 is 3. The Kier molecular flexibility index (Phi) is 6.19. The third-order valence-electron chi connectivity index (χ3n) is 4.20. The molecule has 1 aromatic carbocycles. The van der Waals surface area contributed by atoms with Gasteiger partial charge in [0, 0.05) is 0 Å². The Balaban J connectivity index is 2.04. The summed E-state index contributed by atoms with van der Waals surface area (Å²) in [7, 11) is 1.05. The molecule has 1 N–H and O–H groups in total. The summed E-state index contributed by atoms with van der Waals surface area (Å²) in [5.41, 5.74) is -0.791. The number of hydrogen-bond donors (Lipinski definition) is 1. The SMILES string of the molecule is COc1ccc(C(=O)OCC(=O)N[C@]2(C)CCS(=O)(=O)C2)c(OC)c1OC. The predicted molar refractivity (Wildman–Crippen MR) is 96.2 cm³/mol. The van der Waals surface area contributed by atoms with Crippen molar-refractivity contribution in [1.82, 2.24) is 5.32 Å². The summed E-state index contributed by atoms with van der Waals surface area (Å²) in [6.07, 6.45) is 0.318.